The second-order valence-electron chi connectivity index (χ2n) is 4.30. The van der Waals surface area contributed by atoms with Crippen molar-refractivity contribution in [2.75, 3.05) is 0 Å². The third-order valence-corrected chi connectivity index (χ3v) is 4.27. The highest BCUT2D eigenvalue weighted by atomic mass is 79.9. The molecule has 0 bridgehead atoms. The maximum absolute atomic E-state index is 12.0. The summed E-state index contributed by atoms with van der Waals surface area (Å²) in [7, 11) is 0. The summed E-state index contributed by atoms with van der Waals surface area (Å²) in [4.78, 5) is 0.420. The molecule has 0 amide bonds. The predicted octanol–water partition coefficient (Wildman–Crippen LogP) is 4.94. The van der Waals surface area contributed by atoms with E-state index >= 15 is 0 Å². The van der Waals surface area contributed by atoms with Crippen LogP contribution in [0.5, 0.6) is 5.75 Å². The Morgan fingerprint density at radius 1 is 1.22 bits per heavy atom. The van der Waals surface area contributed by atoms with Gasteiger partial charge in [-0.1, -0.05) is 41.9 Å². The monoisotopic (exact) mass is 324 g/mol. The molecular weight excluding hydrogens is 309 g/mol. The van der Waals surface area contributed by atoms with E-state index in [2.05, 4.69) is 34.5 Å². The molecule has 102 valence electrons. The van der Waals surface area contributed by atoms with Crippen molar-refractivity contribution < 1.29 is 17.9 Å². The van der Waals surface area contributed by atoms with E-state index in [9.17, 15) is 13.2 Å². The zero-order chi connectivity index (χ0) is 13.8. The van der Waals surface area contributed by atoms with Crippen LogP contribution in [0.4, 0.5) is 13.2 Å². The molecule has 0 fully saturated rings. The molecule has 2 atom stereocenters. The van der Waals surface area contributed by atoms with Gasteiger partial charge in [0.15, 0.2) is 0 Å². The van der Waals surface area contributed by atoms with Crippen LogP contribution in [0.1, 0.15) is 25.8 Å². The van der Waals surface area contributed by atoms with Gasteiger partial charge in [-0.05, 0) is 36.5 Å². The minimum absolute atomic E-state index is 0.176. The standard InChI is InChI=1S/C13H16BrF3O/c1-3-12(14)9(2)8-10-4-6-11(7-5-10)18-13(15,16)17/h4-7,9,12H,3,8H2,1-2H3. The number of ether oxygens (including phenoxy) is 1. The molecular formula is C13H16BrF3O. The first-order chi connectivity index (χ1) is 8.31. The van der Waals surface area contributed by atoms with Crippen molar-refractivity contribution in [3.05, 3.63) is 29.8 Å². The number of rotatable bonds is 5. The van der Waals surface area contributed by atoms with E-state index in [1.807, 2.05) is 0 Å². The van der Waals surface area contributed by atoms with E-state index in [1.165, 1.54) is 12.1 Å². The Labute approximate surface area is 113 Å². The molecule has 0 aliphatic carbocycles. The highest BCUT2D eigenvalue weighted by Crippen LogP contribution is 2.25. The third kappa shape index (κ3) is 5.29. The van der Waals surface area contributed by atoms with E-state index in [4.69, 9.17) is 0 Å². The zero-order valence-corrected chi connectivity index (χ0v) is 11.9. The van der Waals surface area contributed by atoms with Crippen LogP contribution in [0.15, 0.2) is 24.3 Å². The maximum Gasteiger partial charge on any atom is 0.573 e. The molecule has 0 aliphatic rings. The van der Waals surface area contributed by atoms with Crippen LogP contribution >= 0.6 is 15.9 Å². The molecule has 1 aromatic rings. The molecule has 0 aliphatic heterocycles. The second-order valence-corrected chi connectivity index (χ2v) is 5.47. The third-order valence-electron chi connectivity index (χ3n) is 2.72. The maximum atomic E-state index is 12.0. The van der Waals surface area contributed by atoms with Gasteiger partial charge in [0, 0.05) is 4.83 Å². The van der Waals surface area contributed by atoms with Crippen LogP contribution in [0.2, 0.25) is 0 Å². The Balaban J connectivity index is 2.60. The fourth-order valence-corrected chi connectivity index (χ4v) is 1.92. The van der Waals surface area contributed by atoms with Crippen molar-refractivity contribution in [3.63, 3.8) is 0 Å². The summed E-state index contributed by atoms with van der Waals surface area (Å²) in [5, 5.41) is 0. The van der Waals surface area contributed by atoms with Gasteiger partial charge in [-0.25, -0.2) is 0 Å². The van der Waals surface area contributed by atoms with Crippen molar-refractivity contribution in [2.24, 2.45) is 5.92 Å². The normalized spacial score (nSPS) is 15.2. The van der Waals surface area contributed by atoms with Gasteiger partial charge >= 0.3 is 6.36 Å². The molecule has 0 saturated heterocycles. The lowest BCUT2D eigenvalue weighted by atomic mass is 9.97. The van der Waals surface area contributed by atoms with E-state index in [-0.39, 0.29) is 5.75 Å². The fourth-order valence-electron chi connectivity index (χ4n) is 1.73. The highest BCUT2D eigenvalue weighted by Gasteiger charge is 2.30. The van der Waals surface area contributed by atoms with E-state index in [0.29, 0.717) is 10.7 Å². The van der Waals surface area contributed by atoms with Gasteiger partial charge in [0.05, 0.1) is 0 Å². The summed E-state index contributed by atoms with van der Waals surface area (Å²) in [6, 6.07) is 6.05. The van der Waals surface area contributed by atoms with E-state index < -0.39 is 6.36 Å². The lowest BCUT2D eigenvalue weighted by Crippen LogP contribution is -2.17. The van der Waals surface area contributed by atoms with Crippen molar-refractivity contribution in [1.29, 1.82) is 0 Å². The summed E-state index contributed by atoms with van der Waals surface area (Å²) in [6.07, 6.45) is -2.77. The quantitative estimate of drug-likeness (QED) is 0.697. The molecule has 0 N–H and O–H groups in total. The molecule has 0 heterocycles. The number of benzene rings is 1. The number of hydrogen-bond donors (Lipinski definition) is 0. The molecule has 1 rings (SSSR count). The number of halogens is 4. The second kappa shape index (κ2) is 6.45. The molecule has 18 heavy (non-hydrogen) atoms. The van der Waals surface area contributed by atoms with Crippen molar-refractivity contribution in [1.82, 2.24) is 0 Å². The average Bonchev–Trinajstić information content (AvgIpc) is 2.28. The van der Waals surface area contributed by atoms with Crippen LogP contribution in [-0.2, 0) is 6.42 Å². The molecule has 1 aromatic carbocycles. The summed E-state index contributed by atoms with van der Waals surface area (Å²) < 4.78 is 39.7. The largest absolute Gasteiger partial charge is 0.573 e. The van der Waals surface area contributed by atoms with Gasteiger partial charge in [0.25, 0.3) is 0 Å². The lowest BCUT2D eigenvalue weighted by Gasteiger charge is -2.17. The van der Waals surface area contributed by atoms with Gasteiger partial charge < -0.3 is 4.74 Å². The summed E-state index contributed by atoms with van der Waals surface area (Å²) in [5.41, 5.74) is 1.01. The van der Waals surface area contributed by atoms with E-state index in [1.54, 1.807) is 12.1 Å². The van der Waals surface area contributed by atoms with Crippen molar-refractivity contribution in [2.45, 2.75) is 37.9 Å². The first kappa shape index (κ1) is 15.3. The molecule has 0 spiro atoms. The Hall–Kier alpha value is -0.710. The highest BCUT2D eigenvalue weighted by molar-refractivity contribution is 9.09. The van der Waals surface area contributed by atoms with E-state index in [0.717, 1.165) is 18.4 Å². The molecule has 0 aromatic heterocycles. The van der Waals surface area contributed by atoms with Gasteiger partial charge in [0.1, 0.15) is 5.75 Å². The Morgan fingerprint density at radius 2 is 1.78 bits per heavy atom. The number of alkyl halides is 4. The molecule has 5 heteroatoms. The summed E-state index contributed by atoms with van der Waals surface area (Å²) in [5.74, 6) is 0.258. The van der Waals surface area contributed by atoms with Crippen LogP contribution < -0.4 is 4.74 Å². The smallest absolute Gasteiger partial charge is 0.406 e. The van der Waals surface area contributed by atoms with Crippen LogP contribution in [0.3, 0.4) is 0 Å². The van der Waals surface area contributed by atoms with Gasteiger partial charge in [-0.15, -0.1) is 13.2 Å². The Bertz CT molecular complexity index is 361. The summed E-state index contributed by atoms with van der Waals surface area (Å²) in [6.45, 7) is 4.21. The minimum atomic E-state index is -4.63. The first-order valence-electron chi connectivity index (χ1n) is 5.80. The van der Waals surface area contributed by atoms with Gasteiger partial charge in [-0.3, -0.25) is 0 Å². The molecule has 0 saturated carbocycles. The van der Waals surface area contributed by atoms with Gasteiger partial charge in [-0.2, -0.15) is 0 Å². The lowest BCUT2D eigenvalue weighted by molar-refractivity contribution is -0.274. The van der Waals surface area contributed by atoms with Gasteiger partial charge in [0.2, 0.25) is 0 Å². The minimum Gasteiger partial charge on any atom is -0.406 e. The topological polar surface area (TPSA) is 9.23 Å². The predicted molar refractivity (Wildman–Crippen MR) is 69.0 cm³/mol. The zero-order valence-electron chi connectivity index (χ0n) is 10.3. The molecule has 0 radical (unpaired) electrons. The van der Waals surface area contributed by atoms with Crippen molar-refractivity contribution in [3.8, 4) is 5.75 Å². The molecule has 1 nitrogen and oxygen atoms in total. The first-order valence-corrected chi connectivity index (χ1v) is 6.72. The van der Waals surface area contributed by atoms with Crippen LogP contribution in [0.25, 0.3) is 0 Å². The SMILES string of the molecule is CCC(Br)C(C)Cc1ccc(OC(F)(F)F)cc1. The number of hydrogen-bond acceptors (Lipinski definition) is 1. The van der Waals surface area contributed by atoms with Crippen LogP contribution in [-0.4, -0.2) is 11.2 Å². The van der Waals surface area contributed by atoms with Crippen molar-refractivity contribution >= 4 is 15.9 Å². The Morgan fingerprint density at radius 3 is 2.22 bits per heavy atom. The fraction of sp³-hybridized carbons (Fsp3) is 0.538. The summed E-state index contributed by atoms with van der Waals surface area (Å²) >= 11 is 3.58. The molecule has 2 unspecified atom stereocenters. The van der Waals surface area contributed by atoms with Crippen LogP contribution in [0, 0.1) is 5.92 Å². The average molecular weight is 325 g/mol. The Kier molecular flexibility index (Phi) is 5.50.